The van der Waals surface area contributed by atoms with Gasteiger partial charge in [0.05, 0.1) is 11.7 Å². The normalized spacial score (nSPS) is 20.4. The molecule has 2 heterocycles. The first-order valence-corrected chi connectivity index (χ1v) is 5.74. The van der Waals surface area contributed by atoms with Crippen LogP contribution in [0.1, 0.15) is 37.5 Å². The maximum absolute atomic E-state index is 4.46. The maximum Gasteiger partial charge on any atom is 0.0553 e. The van der Waals surface area contributed by atoms with Gasteiger partial charge in [0.25, 0.3) is 0 Å². The Kier molecular flexibility index (Phi) is 3.38. The van der Waals surface area contributed by atoms with Gasteiger partial charge in [0.1, 0.15) is 0 Å². The fourth-order valence-electron chi connectivity index (χ4n) is 2.17. The van der Waals surface area contributed by atoms with Crippen LogP contribution in [0.5, 0.6) is 0 Å². The van der Waals surface area contributed by atoms with Gasteiger partial charge in [-0.25, -0.2) is 0 Å². The van der Waals surface area contributed by atoms with Gasteiger partial charge in [0, 0.05) is 12.2 Å². The van der Waals surface area contributed by atoms with Crippen LogP contribution >= 0.6 is 0 Å². The van der Waals surface area contributed by atoms with Crippen molar-refractivity contribution >= 4 is 0 Å². The highest BCUT2D eigenvalue weighted by Crippen LogP contribution is 2.22. The number of hydrogen-bond acceptors (Lipinski definition) is 3. The fourth-order valence-corrected chi connectivity index (χ4v) is 2.17. The fraction of sp³-hybridized carbons (Fsp3) is 0.727. The molecule has 1 saturated heterocycles. The Balaban J connectivity index is 2.15. The van der Waals surface area contributed by atoms with Crippen molar-refractivity contribution in [3.05, 3.63) is 18.0 Å². The molecule has 0 spiro atoms. The molecular formula is C11H20N4. The van der Waals surface area contributed by atoms with Crippen molar-refractivity contribution in [1.82, 2.24) is 20.4 Å². The first-order valence-electron chi connectivity index (χ1n) is 5.74. The third-order valence-electron chi connectivity index (χ3n) is 3.23. The summed E-state index contributed by atoms with van der Waals surface area (Å²) < 4.78 is 2.20. The van der Waals surface area contributed by atoms with E-state index in [2.05, 4.69) is 33.4 Å². The maximum atomic E-state index is 4.46. The summed E-state index contributed by atoms with van der Waals surface area (Å²) in [6.07, 6.45) is 4.28. The lowest BCUT2D eigenvalue weighted by molar-refractivity contribution is 0.328. The van der Waals surface area contributed by atoms with Crippen LogP contribution in [-0.2, 0) is 0 Å². The molecule has 0 aromatic carbocycles. The van der Waals surface area contributed by atoms with E-state index in [1.165, 1.54) is 18.5 Å². The highest BCUT2D eigenvalue weighted by Gasteiger charge is 2.19. The lowest BCUT2D eigenvalue weighted by Crippen LogP contribution is -2.31. The Morgan fingerprint density at radius 3 is 2.93 bits per heavy atom. The number of hydrogen-bond donors (Lipinski definition) is 2. The van der Waals surface area contributed by atoms with Crippen molar-refractivity contribution < 1.29 is 0 Å². The molecule has 0 bridgehead atoms. The predicted molar refractivity (Wildman–Crippen MR) is 60.8 cm³/mol. The van der Waals surface area contributed by atoms with Crippen LogP contribution in [0.25, 0.3) is 0 Å². The molecule has 1 aliphatic heterocycles. The summed E-state index contributed by atoms with van der Waals surface area (Å²) in [7, 11) is 1.99. The van der Waals surface area contributed by atoms with E-state index in [1.54, 1.807) is 0 Å². The van der Waals surface area contributed by atoms with Gasteiger partial charge in [-0.2, -0.15) is 5.10 Å². The number of aromatic nitrogens is 2. The Bertz CT molecular complexity index is 301. The number of nitrogens with zero attached hydrogens (tertiary/aromatic N) is 2. The van der Waals surface area contributed by atoms with E-state index in [0.717, 1.165) is 13.1 Å². The zero-order chi connectivity index (χ0) is 10.7. The molecule has 1 atom stereocenters. The Morgan fingerprint density at radius 2 is 2.27 bits per heavy atom. The Hall–Kier alpha value is -0.870. The van der Waals surface area contributed by atoms with Crippen LogP contribution in [0.4, 0.5) is 0 Å². The molecule has 0 amide bonds. The van der Waals surface area contributed by atoms with Crippen molar-refractivity contribution in [2.75, 3.05) is 20.1 Å². The second-order valence-corrected chi connectivity index (χ2v) is 4.19. The molecule has 0 saturated carbocycles. The second-order valence-electron chi connectivity index (χ2n) is 4.19. The summed E-state index contributed by atoms with van der Waals surface area (Å²) in [5, 5.41) is 11.1. The molecule has 84 valence electrons. The van der Waals surface area contributed by atoms with Gasteiger partial charge >= 0.3 is 0 Å². The third-order valence-corrected chi connectivity index (χ3v) is 3.23. The first kappa shape index (κ1) is 10.6. The van der Waals surface area contributed by atoms with E-state index in [-0.39, 0.29) is 0 Å². The van der Waals surface area contributed by atoms with E-state index in [9.17, 15) is 0 Å². The van der Waals surface area contributed by atoms with Gasteiger partial charge in [-0.05, 0) is 46.0 Å². The standard InChI is InChI=1S/C11H20N4/c1-9(12-2)11-5-8-14-15(11)10-3-6-13-7-4-10/h5,8-10,12-13H,3-4,6-7H2,1-2H3. The molecule has 0 aliphatic carbocycles. The van der Waals surface area contributed by atoms with Crippen LogP contribution in [0.2, 0.25) is 0 Å². The highest BCUT2D eigenvalue weighted by atomic mass is 15.3. The lowest BCUT2D eigenvalue weighted by Gasteiger charge is -2.26. The molecule has 15 heavy (non-hydrogen) atoms. The number of rotatable bonds is 3. The quantitative estimate of drug-likeness (QED) is 0.781. The molecule has 2 rings (SSSR count). The van der Waals surface area contributed by atoms with Gasteiger partial charge in [0.15, 0.2) is 0 Å². The summed E-state index contributed by atoms with van der Waals surface area (Å²) in [5.41, 5.74) is 1.30. The molecule has 1 aliphatic rings. The molecule has 1 unspecified atom stereocenters. The monoisotopic (exact) mass is 208 g/mol. The van der Waals surface area contributed by atoms with Crippen molar-refractivity contribution in [2.24, 2.45) is 0 Å². The van der Waals surface area contributed by atoms with E-state index in [1.807, 2.05) is 13.2 Å². The van der Waals surface area contributed by atoms with E-state index in [0.29, 0.717) is 12.1 Å². The average Bonchev–Trinajstić information content (AvgIpc) is 2.78. The predicted octanol–water partition coefficient (Wildman–Crippen LogP) is 1.09. The molecule has 2 N–H and O–H groups in total. The van der Waals surface area contributed by atoms with Crippen LogP contribution in [0.3, 0.4) is 0 Å². The number of piperidine rings is 1. The lowest BCUT2D eigenvalue weighted by atomic mass is 10.1. The smallest absolute Gasteiger partial charge is 0.0553 e. The topological polar surface area (TPSA) is 41.9 Å². The van der Waals surface area contributed by atoms with Crippen molar-refractivity contribution in [3.8, 4) is 0 Å². The summed E-state index contributed by atoms with van der Waals surface area (Å²) in [4.78, 5) is 0. The molecule has 4 heteroatoms. The largest absolute Gasteiger partial charge is 0.317 e. The summed E-state index contributed by atoms with van der Waals surface area (Å²) in [6, 6.07) is 3.07. The minimum atomic E-state index is 0.377. The molecule has 1 aromatic rings. The molecule has 0 radical (unpaired) electrons. The van der Waals surface area contributed by atoms with Gasteiger partial charge in [-0.15, -0.1) is 0 Å². The van der Waals surface area contributed by atoms with Crippen molar-refractivity contribution in [2.45, 2.75) is 31.8 Å². The Morgan fingerprint density at radius 1 is 1.53 bits per heavy atom. The van der Waals surface area contributed by atoms with Crippen molar-refractivity contribution in [1.29, 1.82) is 0 Å². The van der Waals surface area contributed by atoms with Crippen LogP contribution < -0.4 is 10.6 Å². The van der Waals surface area contributed by atoms with Gasteiger partial charge in [-0.1, -0.05) is 0 Å². The van der Waals surface area contributed by atoms with Gasteiger partial charge in [-0.3, -0.25) is 4.68 Å². The molecular weight excluding hydrogens is 188 g/mol. The van der Waals surface area contributed by atoms with Crippen LogP contribution in [-0.4, -0.2) is 29.9 Å². The minimum absolute atomic E-state index is 0.377. The van der Waals surface area contributed by atoms with Crippen LogP contribution in [0.15, 0.2) is 12.3 Å². The van der Waals surface area contributed by atoms with Crippen LogP contribution in [0, 0.1) is 0 Å². The third kappa shape index (κ3) is 2.21. The van der Waals surface area contributed by atoms with E-state index >= 15 is 0 Å². The van der Waals surface area contributed by atoms with Gasteiger partial charge < -0.3 is 10.6 Å². The summed E-state index contributed by atoms with van der Waals surface area (Å²) in [6.45, 7) is 4.39. The average molecular weight is 208 g/mol. The highest BCUT2D eigenvalue weighted by molar-refractivity contribution is 5.07. The van der Waals surface area contributed by atoms with Gasteiger partial charge in [0.2, 0.25) is 0 Å². The van der Waals surface area contributed by atoms with E-state index < -0.39 is 0 Å². The SMILES string of the molecule is CNC(C)c1ccnn1C1CCNCC1. The molecule has 1 fully saturated rings. The zero-order valence-electron chi connectivity index (χ0n) is 9.53. The van der Waals surface area contributed by atoms with E-state index in [4.69, 9.17) is 0 Å². The molecule has 1 aromatic heterocycles. The van der Waals surface area contributed by atoms with Crippen molar-refractivity contribution in [3.63, 3.8) is 0 Å². The first-order chi connectivity index (χ1) is 7.33. The zero-order valence-corrected chi connectivity index (χ0v) is 9.53. The Labute approximate surface area is 91.1 Å². The number of nitrogens with one attached hydrogen (secondary N) is 2. The molecule has 4 nitrogen and oxygen atoms in total. The summed E-state index contributed by atoms with van der Waals surface area (Å²) >= 11 is 0. The second kappa shape index (κ2) is 4.77. The minimum Gasteiger partial charge on any atom is -0.317 e. The summed E-state index contributed by atoms with van der Waals surface area (Å²) in [5.74, 6) is 0.